The largest absolute Gasteiger partial charge is 0.350 e. The third kappa shape index (κ3) is 3.73. The first-order valence-electron chi connectivity index (χ1n) is 10.8. The molecule has 1 aliphatic rings. The maximum atomic E-state index is 13.7. The Balaban J connectivity index is 1.89. The zero-order chi connectivity index (χ0) is 23.2. The predicted molar refractivity (Wildman–Crippen MR) is 131 cm³/mol. The van der Waals surface area contributed by atoms with Gasteiger partial charge >= 0.3 is 0 Å². The van der Waals surface area contributed by atoms with Gasteiger partial charge in [-0.3, -0.25) is 9.59 Å². The van der Waals surface area contributed by atoms with E-state index in [2.05, 4.69) is 11.4 Å². The number of hydrogen-bond acceptors (Lipinski definition) is 3. The lowest BCUT2D eigenvalue weighted by Gasteiger charge is -2.19. The fourth-order valence-electron chi connectivity index (χ4n) is 4.08. The van der Waals surface area contributed by atoms with Crippen molar-refractivity contribution in [2.75, 3.05) is 10.2 Å². The molecule has 1 heterocycles. The Labute approximate surface area is 189 Å². The van der Waals surface area contributed by atoms with Crippen molar-refractivity contribution in [1.82, 2.24) is 0 Å². The Morgan fingerprint density at radius 3 is 1.97 bits per heavy atom. The van der Waals surface area contributed by atoms with Gasteiger partial charge in [0.05, 0.1) is 11.3 Å². The lowest BCUT2D eigenvalue weighted by molar-refractivity contribution is -0.120. The molecule has 0 fully saturated rings. The minimum Gasteiger partial charge on any atom is -0.350 e. The number of nitrogens with one attached hydrogen (secondary N) is 1. The number of carbonyl (C=O) groups is 2. The van der Waals surface area contributed by atoms with Gasteiger partial charge in [-0.15, -0.1) is 0 Å². The lowest BCUT2D eigenvalue weighted by Crippen LogP contribution is -2.33. The molecule has 0 saturated heterocycles. The van der Waals surface area contributed by atoms with Crippen molar-refractivity contribution in [2.24, 2.45) is 0 Å². The van der Waals surface area contributed by atoms with Crippen LogP contribution >= 0.6 is 0 Å². The van der Waals surface area contributed by atoms with Crippen molar-refractivity contribution in [2.45, 2.75) is 41.5 Å². The number of aryl methyl sites for hydroxylation is 6. The fraction of sp³-hybridized carbons (Fsp3) is 0.214. The summed E-state index contributed by atoms with van der Waals surface area (Å²) in [5.74, 6) is -0.642. The average molecular weight is 425 g/mol. The van der Waals surface area contributed by atoms with Crippen LogP contribution in [0.5, 0.6) is 0 Å². The second-order valence-electron chi connectivity index (χ2n) is 8.73. The molecule has 2 amide bonds. The van der Waals surface area contributed by atoms with Gasteiger partial charge in [0, 0.05) is 5.69 Å². The second kappa shape index (κ2) is 8.12. The normalized spacial score (nSPS) is 13.9. The number of anilines is 2. The van der Waals surface area contributed by atoms with E-state index in [0.717, 1.165) is 44.6 Å². The molecule has 0 aliphatic carbocycles. The molecule has 3 aromatic rings. The first-order chi connectivity index (χ1) is 15.2. The number of imide groups is 1. The minimum atomic E-state index is -0.336. The van der Waals surface area contributed by atoms with E-state index in [-0.39, 0.29) is 11.8 Å². The van der Waals surface area contributed by atoms with Gasteiger partial charge in [-0.1, -0.05) is 48.0 Å². The molecule has 0 aromatic heterocycles. The maximum Gasteiger partial charge on any atom is 0.282 e. The van der Waals surface area contributed by atoms with Crippen molar-refractivity contribution in [3.05, 3.63) is 99.2 Å². The summed E-state index contributed by atoms with van der Waals surface area (Å²) in [6.45, 7) is 12.0. The summed E-state index contributed by atoms with van der Waals surface area (Å²) in [6.07, 6.45) is 0. The van der Waals surface area contributed by atoms with E-state index in [1.165, 1.54) is 4.90 Å². The standard InChI is InChI=1S/C28H28N2O2/c1-16-8-12-23(21(6)13-16)29-26-25(22-11-10-18(3)20(5)15-22)27(31)30(28(26)32)24-14-17(2)7-9-19(24)4/h7-15,29H,1-6H3. The Kier molecular flexibility index (Phi) is 5.47. The van der Waals surface area contributed by atoms with Crippen LogP contribution in [0.4, 0.5) is 11.4 Å². The topological polar surface area (TPSA) is 49.4 Å². The Morgan fingerprint density at radius 2 is 1.28 bits per heavy atom. The molecule has 4 heteroatoms. The van der Waals surface area contributed by atoms with Crippen LogP contribution in [-0.2, 0) is 9.59 Å². The number of rotatable bonds is 4. The summed E-state index contributed by atoms with van der Waals surface area (Å²) in [5.41, 5.74) is 9.14. The summed E-state index contributed by atoms with van der Waals surface area (Å²) in [7, 11) is 0. The van der Waals surface area contributed by atoms with Crippen molar-refractivity contribution >= 4 is 28.8 Å². The number of carbonyl (C=O) groups excluding carboxylic acids is 2. The Morgan fingerprint density at radius 1 is 0.625 bits per heavy atom. The zero-order valence-electron chi connectivity index (χ0n) is 19.5. The van der Waals surface area contributed by atoms with Crippen LogP contribution < -0.4 is 10.2 Å². The van der Waals surface area contributed by atoms with E-state index in [4.69, 9.17) is 0 Å². The molecule has 0 unspecified atom stereocenters. The SMILES string of the molecule is Cc1ccc(NC2=C(c3ccc(C)c(C)c3)C(=O)N(c3cc(C)ccc3C)C2=O)c(C)c1. The molecule has 0 bridgehead atoms. The van der Waals surface area contributed by atoms with E-state index in [0.29, 0.717) is 17.0 Å². The van der Waals surface area contributed by atoms with Crippen LogP contribution in [0.1, 0.15) is 38.9 Å². The highest BCUT2D eigenvalue weighted by atomic mass is 16.2. The van der Waals surface area contributed by atoms with Crippen molar-refractivity contribution in [3.63, 3.8) is 0 Å². The molecule has 0 atom stereocenters. The van der Waals surface area contributed by atoms with Crippen molar-refractivity contribution in [3.8, 4) is 0 Å². The monoisotopic (exact) mass is 424 g/mol. The lowest BCUT2D eigenvalue weighted by atomic mass is 9.99. The second-order valence-corrected chi connectivity index (χ2v) is 8.73. The molecule has 0 saturated carbocycles. The quantitative estimate of drug-likeness (QED) is 0.528. The summed E-state index contributed by atoms with van der Waals surface area (Å²) in [5, 5.41) is 3.30. The van der Waals surface area contributed by atoms with Gasteiger partial charge in [0.25, 0.3) is 11.8 Å². The summed E-state index contributed by atoms with van der Waals surface area (Å²) in [4.78, 5) is 28.7. The van der Waals surface area contributed by atoms with Crippen LogP contribution in [0.3, 0.4) is 0 Å². The van der Waals surface area contributed by atoms with E-state index >= 15 is 0 Å². The van der Waals surface area contributed by atoms with E-state index in [1.54, 1.807) is 0 Å². The summed E-state index contributed by atoms with van der Waals surface area (Å²) in [6, 6.07) is 17.7. The van der Waals surface area contributed by atoms with Gasteiger partial charge in [0.15, 0.2) is 0 Å². The number of amides is 2. The zero-order valence-corrected chi connectivity index (χ0v) is 19.5. The highest BCUT2D eigenvalue weighted by Gasteiger charge is 2.41. The minimum absolute atomic E-state index is 0.306. The number of hydrogen-bond donors (Lipinski definition) is 1. The van der Waals surface area contributed by atoms with Gasteiger partial charge < -0.3 is 5.32 Å². The highest BCUT2D eigenvalue weighted by molar-refractivity contribution is 6.46. The number of nitrogens with zero attached hydrogens (tertiary/aromatic N) is 1. The summed E-state index contributed by atoms with van der Waals surface area (Å²) >= 11 is 0. The van der Waals surface area contributed by atoms with Gasteiger partial charge in [-0.2, -0.15) is 0 Å². The van der Waals surface area contributed by atoms with Gasteiger partial charge in [0.1, 0.15) is 5.70 Å². The van der Waals surface area contributed by atoms with Crippen LogP contribution in [0.2, 0.25) is 0 Å². The van der Waals surface area contributed by atoms with Crippen LogP contribution in [0, 0.1) is 41.5 Å². The smallest absolute Gasteiger partial charge is 0.282 e. The molecule has 32 heavy (non-hydrogen) atoms. The molecule has 0 radical (unpaired) electrons. The molecular formula is C28H28N2O2. The van der Waals surface area contributed by atoms with E-state index in [1.807, 2.05) is 90.1 Å². The van der Waals surface area contributed by atoms with Crippen LogP contribution in [-0.4, -0.2) is 11.8 Å². The molecule has 0 spiro atoms. The van der Waals surface area contributed by atoms with Crippen LogP contribution in [0.25, 0.3) is 5.57 Å². The molecule has 1 N–H and O–H groups in total. The molecule has 1 aliphatic heterocycles. The highest BCUT2D eigenvalue weighted by Crippen LogP contribution is 2.36. The fourth-order valence-corrected chi connectivity index (χ4v) is 4.08. The first kappa shape index (κ1) is 21.6. The summed E-state index contributed by atoms with van der Waals surface area (Å²) < 4.78 is 0. The van der Waals surface area contributed by atoms with Crippen molar-refractivity contribution < 1.29 is 9.59 Å². The molecular weight excluding hydrogens is 396 g/mol. The van der Waals surface area contributed by atoms with E-state index in [9.17, 15) is 9.59 Å². The Hall–Kier alpha value is -3.66. The van der Waals surface area contributed by atoms with Crippen LogP contribution in [0.15, 0.2) is 60.3 Å². The molecule has 4 nitrogen and oxygen atoms in total. The third-order valence-corrected chi connectivity index (χ3v) is 6.13. The third-order valence-electron chi connectivity index (χ3n) is 6.13. The molecule has 162 valence electrons. The van der Waals surface area contributed by atoms with Crippen molar-refractivity contribution in [1.29, 1.82) is 0 Å². The number of benzene rings is 3. The van der Waals surface area contributed by atoms with Gasteiger partial charge in [-0.05, 0) is 87.1 Å². The maximum absolute atomic E-state index is 13.7. The molecule has 3 aromatic carbocycles. The van der Waals surface area contributed by atoms with E-state index < -0.39 is 0 Å². The molecule has 4 rings (SSSR count). The Bertz CT molecular complexity index is 1300. The van der Waals surface area contributed by atoms with Gasteiger partial charge in [0.2, 0.25) is 0 Å². The predicted octanol–water partition coefficient (Wildman–Crippen LogP) is 5.93. The van der Waals surface area contributed by atoms with Gasteiger partial charge in [-0.25, -0.2) is 4.90 Å². The average Bonchev–Trinajstić information content (AvgIpc) is 2.98. The first-order valence-corrected chi connectivity index (χ1v) is 10.8.